The highest BCUT2D eigenvalue weighted by Gasteiger charge is 2.40. The first kappa shape index (κ1) is 11.8. The van der Waals surface area contributed by atoms with Crippen LogP contribution in [0.2, 0.25) is 0 Å². The van der Waals surface area contributed by atoms with E-state index in [0.717, 1.165) is 0 Å². The van der Waals surface area contributed by atoms with Crippen molar-refractivity contribution in [1.29, 1.82) is 0 Å². The summed E-state index contributed by atoms with van der Waals surface area (Å²) in [5.41, 5.74) is -0.598. The fourth-order valence-corrected chi connectivity index (χ4v) is 1.19. The standard InChI is InChI=1S/C9H16N2O4/c1-9(2,3)15-8(14)11-6-5(4-12)10-7(6)13/h5-6,12H,4H2,1-3H3,(H,10,13)(H,11,14)/t5-,6+/m1/s1. The number of rotatable bonds is 2. The summed E-state index contributed by atoms with van der Waals surface area (Å²) >= 11 is 0. The lowest BCUT2D eigenvalue weighted by molar-refractivity contribution is -0.132. The van der Waals surface area contributed by atoms with Gasteiger partial charge in [-0.1, -0.05) is 0 Å². The molecule has 0 aromatic carbocycles. The molecule has 0 unspecified atom stereocenters. The zero-order chi connectivity index (χ0) is 11.6. The van der Waals surface area contributed by atoms with Crippen molar-refractivity contribution in [2.45, 2.75) is 38.5 Å². The maximum Gasteiger partial charge on any atom is 0.408 e. The van der Waals surface area contributed by atoms with Crippen LogP contribution < -0.4 is 10.6 Å². The van der Waals surface area contributed by atoms with E-state index in [0.29, 0.717) is 0 Å². The number of carbonyl (C=O) groups is 2. The van der Waals surface area contributed by atoms with Gasteiger partial charge in [-0.2, -0.15) is 0 Å². The maximum atomic E-state index is 11.3. The molecule has 0 aliphatic carbocycles. The molecule has 0 radical (unpaired) electrons. The monoisotopic (exact) mass is 216 g/mol. The first-order valence-electron chi connectivity index (χ1n) is 4.74. The van der Waals surface area contributed by atoms with E-state index in [-0.39, 0.29) is 12.5 Å². The number of β-lactam (4-membered cyclic amide) rings is 1. The summed E-state index contributed by atoms with van der Waals surface area (Å²) in [6, 6.07) is -1.10. The van der Waals surface area contributed by atoms with Crippen LogP contribution in [0.5, 0.6) is 0 Å². The molecule has 0 aromatic heterocycles. The lowest BCUT2D eigenvalue weighted by Gasteiger charge is -2.36. The fraction of sp³-hybridized carbons (Fsp3) is 0.778. The van der Waals surface area contributed by atoms with Crippen molar-refractivity contribution in [2.24, 2.45) is 0 Å². The predicted octanol–water partition coefficient (Wildman–Crippen LogP) is -0.630. The number of alkyl carbamates (subject to hydrolysis) is 1. The summed E-state index contributed by atoms with van der Waals surface area (Å²) in [7, 11) is 0. The van der Waals surface area contributed by atoms with Crippen LogP contribution in [0.3, 0.4) is 0 Å². The van der Waals surface area contributed by atoms with Crippen LogP contribution >= 0.6 is 0 Å². The maximum absolute atomic E-state index is 11.3. The number of aliphatic hydroxyl groups excluding tert-OH is 1. The van der Waals surface area contributed by atoms with Gasteiger partial charge in [-0.3, -0.25) is 4.79 Å². The van der Waals surface area contributed by atoms with Gasteiger partial charge in [0.15, 0.2) is 0 Å². The Morgan fingerprint density at radius 3 is 2.60 bits per heavy atom. The smallest absolute Gasteiger partial charge is 0.408 e. The largest absolute Gasteiger partial charge is 0.444 e. The van der Waals surface area contributed by atoms with Crippen LogP contribution in [0.25, 0.3) is 0 Å². The first-order chi connectivity index (χ1) is 6.83. The molecule has 0 spiro atoms. The van der Waals surface area contributed by atoms with E-state index in [1.165, 1.54) is 0 Å². The summed E-state index contributed by atoms with van der Waals surface area (Å²) in [6.07, 6.45) is -0.652. The normalized spacial score (nSPS) is 25.2. The highest BCUT2D eigenvalue weighted by molar-refractivity contribution is 5.92. The quantitative estimate of drug-likeness (QED) is 0.536. The molecule has 3 N–H and O–H groups in total. The lowest BCUT2D eigenvalue weighted by Crippen LogP contribution is -2.70. The molecule has 2 atom stereocenters. The number of nitrogens with one attached hydrogen (secondary N) is 2. The predicted molar refractivity (Wildman–Crippen MR) is 52.2 cm³/mol. The Labute approximate surface area is 88.0 Å². The number of aliphatic hydroxyl groups is 1. The SMILES string of the molecule is CC(C)(C)OC(=O)N[C@@H]1C(=O)N[C@@H]1CO. The zero-order valence-electron chi connectivity index (χ0n) is 9.03. The Morgan fingerprint density at radius 1 is 1.60 bits per heavy atom. The number of hydrogen-bond acceptors (Lipinski definition) is 4. The Balaban J connectivity index is 2.41. The molecule has 15 heavy (non-hydrogen) atoms. The van der Waals surface area contributed by atoms with Gasteiger partial charge < -0.3 is 20.5 Å². The van der Waals surface area contributed by atoms with Crippen LogP contribution in [-0.4, -0.2) is 41.4 Å². The van der Waals surface area contributed by atoms with Crippen molar-refractivity contribution in [3.8, 4) is 0 Å². The lowest BCUT2D eigenvalue weighted by atomic mass is 10.0. The second-order valence-corrected chi connectivity index (χ2v) is 4.42. The van der Waals surface area contributed by atoms with Gasteiger partial charge in [-0.25, -0.2) is 4.79 Å². The van der Waals surface area contributed by atoms with E-state index >= 15 is 0 Å². The molecule has 86 valence electrons. The van der Waals surface area contributed by atoms with Crippen LogP contribution in [0.15, 0.2) is 0 Å². The van der Waals surface area contributed by atoms with E-state index in [2.05, 4.69) is 10.6 Å². The molecule has 1 rings (SSSR count). The minimum absolute atomic E-state index is 0.202. The highest BCUT2D eigenvalue weighted by atomic mass is 16.6. The molecule has 2 amide bonds. The zero-order valence-corrected chi connectivity index (χ0v) is 9.03. The molecule has 0 bridgehead atoms. The molecule has 1 heterocycles. The molecule has 6 nitrogen and oxygen atoms in total. The molecule has 1 saturated heterocycles. The van der Waals surface area contributed by atoms with Gasteiger partial charge in [-0.15, -0.1) is 0 Å². The van der Waals surface area contributed by atoms with E-state index in [1.54, 1.807) is 20.8 Å². The van der Waals surface area contributed by atoms with Crippen LogP contribution in [0.4, 0.5) is 4.79 Å². The highest BCUT2D eigenvalue weighted by Crippen LogP contribution is 2.09. The average Bonchev–Trinajstić information content (AvgIpc) is 2.07. The molecular formula is C9H16N2O4. The summed E-state index contributed by atoms with van der Waals surface area (Å²) in [4.78, 5) is 22.3. The topological polar surface area (TPSA) is 87.7 Å². The number of amides is 2. The van der Waals surface area contributed by atoms with E-state index < -0.39 is 23.8 Å². The number of ether oxygens (including phenoxy) is 1. The number of carbonyl (C=O) groups excluding carboxylic acids is 2. The van der Waals surface area contributed by atoms with Crippen LogP contribution in [0, 0.1) is 0 Å². The molecular weight excluding hydrogens is 200 g/mol. The Kier molecular flexibility index (Phi) is 3.18. The minimum Gasteiger partial charge on any atom is -0.444 e. The minimum atomic E-state index is -0.690. The van der Waals surface area contributed by atoms with E-state index in [4.69, 9.17) is 9.84 Å². The Morgan fingerprint density at radius 2 is 2.20 bits per heavy atom. The molecule has 0 aromatic rings. The second-order valence-electron chi connectivity index (χ2n) is 4.42. The van der Waals surface area contributed by atoms with Crippen molar-refractivity contribution in [3.63, 3.8) is 0 Å². The summed E-state index contributed by atoms with van der Waals surface area (Å²) in [6.45, 7) is 5.00. The third-order valence-electron chi connectivity index (χ3n) is 1.88. The second kappa shape index (κ2) is 4.06. The fourth-order valence-electron chi connectivity index (χ4n) is 1.19. The van der Waals surface area contributed by atoms with Crippen molar-refractivity contribution in [1.82, 2.24) is 10.6 Å². The molecule has 1 fully saturated rings. The molecule has 6 heteroatoms. The van der Waals surface area contributed by atoms with Gasteiger partial charge in [-0.05, 0) is 20.8 Å². The van der Waals surface area contributed by atoms with Crippen molar-refractivity contribution in [3.05, 3.63) is 0 Å². The van der Waals surface area contributed by atoms with Crippen molar-refractivity contribution in [2.75, 3.05) is 6.61 Å². The molecule has 0 saturated carbocycles. The van der Waals surface area contributed by atoms with Gasteiger partial charge in [0.25, 0.3) is 0 Å². The van der Waals surface area contributed by atoms with Crippen LogP contribution in [-0.2, 0) is 9.53 Å². The van der Waals surface area contributed by atoms with E-state index in [9.17, 15) is 9.59 Å². The van der Waals surface area contributed by atoms with E-state index in [1.807, 2.05) is 0 Å². The van der Waals surface area contributed by atoms with Crippen molar-refractivity contribution < 1.29 is 19.4 Å². The summed E-state index contributed by atoms with van der Waals surface area (Å²) in [5, 5.41) is 13.7. The van der Waals surface area contributed by atoms with Gasteiger partial charge in [0.2, 0.25) is 5.91 Å². The average molecular weight is 216 g/mol. The Hall–Kier alpha value is -1.30. The molecule has 1 aliphatic rings. The van der Waals surface area contributed by atoms with Crippen molar-refractivity contribution >= 4 is 12.0 Å². The van der Waals surface area contributed by atoms with Crippen LogP contribution in [0.1, 0.15) is 20.8 Å². The summed E-state index contributed by atoms with van der Waals surface area (Å²) in [5.74, 6) is -0.306. The van der Waals surface area contributed by atoms with Gasteiger partial charge >= 0.3 is 6.09 Å². The third kappa shape index (κ3) is 3.09. The first-order valence-corrected chi connectivity index (χ1v) is 4.74. The van der Waals surface area contributed by atoms with Gasteiger partial charge in [0, 0.05) is 0 Å². The number of hydrogen-bond donors (Lipinski definition) is 3. The van der Waals surface area contributed by atoms with Gasteiger partial charge in [0.1, 0.15) is 11.6 Å². The third-order valence-corrected chi connectivity index (χ3v) is 1.88. The molecule has 1 aliphatic heterocycles. The van der Waals surface area contributed by atoms with Gasteiger partial charge in [0.05, 0.1) is 12.6 Å². The Bertz CT molecular complexity index is 272. The summed E-state index contributed by atoms with van der Waals surface area (Å²) < 4.78 is 4.97.